The molecular formula is C18H23BrClNO3S. The SMILES string of the molecule is COC(=O)CCCC[C@H]1SC[C@H](N(Cc2ccccc2)C(=O)Cl)[C@H]1Br. The standard InChI is InChI=1S/C18H23BrClNO3S/c1-24-16(22)10-6-5-9-15-17(19)14(12-25-15)21(18(20)23)11-13-7-3-2-4-8-13/h2-4,7-8,14-15,17H,5-6,9-12H2,1H3/t14-,15+,17+/m0/s1. The normalized spacial score (nSPS) is 22.6. The first-order chi connectivity index (χ1) is 12.0. The van der Waals surface area contributed by atoms with Crippen molar-refractivity contribution in [3.63, 3.8) is 0 Å². The second kappa shape index (κ2) is 10.4. The van der Waals surface area contributed by atoms with E-state index in [4.69, 9.17) is 11.6 Å². The number of amides is 1. The van der Waals surface area contributed by atoms with Crippen molar-refractivity contribution in [1.29, 1.82) is 0 Å². The van der Waals surface area contributed by atoms with Crippen LogP contribution in [0.4, 0.5) is 4.79 Å². The van der Waals surface area contributed by atoms with Crippen LogP contribution >= 0.6 is 39.3 Å². The molecule has 3 atom stereocenters. The second-order valence-corrected chi connectivity index (χ2v) is 8.72. The first-order valence-electron chi connectivity index (χ1n) is 8.35. The number of esters is 1. The van der Waals surface area contributed by atoms with E-state index in [9.17, 15) is 9.59 Å². The predicted octanol–water partition coefficient (Wildman–Crippen LogP) is 4.83. The monoisotopic (exact) mass is 447 g/mol. The van der Waals surface area contributed by atoms with Crippen LogP contribution in [-0.2, 0) is 16.1 Å². The fourth-order valence-corrected chi connectivity index (χ4v) is 6.12. The molecule has 0 radical (unpaired) electrons. The van der Waals surface area contributed by atoms with Crippen LogP contribution < -0.4 is 0 Å². The number of hydrogen-bond donors (Lipinski definition) is 0. The molecule has 7 heteroatoms. The average molecular weight is 449 g/mol. The Morgan fingerprint density at radius 3 is 2.68 bits per heavy atom. The number of carbonyl (C=O) groups excluding carboxylic acids is 2. The van der Waals surface area contributed by atoms with E-state index in [2.05, 4.69) is 20.7 Å². The maximum absolute atomic E-state index is 12.0. The van der Waals surface area contributed by atoms with Gasteiger partial charge in [0.05, 0.1) is 13.2 Å². The molecule has 0 bridgehead atoms. The van der Waals surface area contributed by atoms with Crippen molar-refractivity contribution in [1.82, 2.24) is 4.90 Å². The Bertz CT molecular complexity index is 575. The third-order valence-corrected chi connectivity index (χ3v) is 7.68. The minimum atomic E-state index is -0.412. The molecule has 1 amide bonds. The van der Waals surface area contributed by atoms with Gasteiger partial charge in [-0.3, -0.25) is 9.59 Å². The van der Waals surface area contributed by atoms with E-state index in [0.717, 1.165) is 30.6 Å². The lowest BCUT2D eigenvalue weighted by Crippen LogP contribution is -2.43. The molecule has 1 heterocycles. The van der Waals surface area contributed by atoms with E-state index in [-0.39, 0.29) is 16.8 Å². The number of nitrogens with zero attached hydrogens (tertiary/aromatic N) is 1. The van der Waals surface area contributed by atoms with Crippen LogP contribution in [0.5, 0.6) is 0 Å². The minimum Gasteiger partial charge on any atom is -0.469 e. The number of rotatable bonds is 8. The molecule has 25 heavy (non-hydrogen) atoms. The number of benzene rings is 1. The van der Waals surface area contributed by atoms with Gasteiger partial charge in [-0.25, -0.2) is 0 Å². The largest absolute Gasteiger partial charge is 0.469 e. The summed E-state index contributed by atoms with van der Waals surface area (Å²) in [6.45, 7) is 0.519. The molecule has 2 rings (SSSR count). The van der Waals surface area contributed by atoms with Crippen molar-refractivity contribution in [2.24, 2.45) is 0 Å². The molecule has 138 valence electrons. The fraction of sp³-hybridized carbons (Fsp3) is 0.556. The van der Waals surface area contributed by atoms with Crippen LogP contribution in [0.25, 0.3) is 0 Å². The summed E-state index contributed by atoms with van der Waals surface area (Å²) in [4.78, 5) is 25.1. The number of thioether (sulfide) groups is 1. The number of hydrogen-bond acceptors (Lipinski definition) is 4. The van der Waals surface area contributed by atoms with E-state index >= 15 is 0 Å². The third kappa shape index (κ3) is 6.19. The number of carbonyl (C=O) groups is 2. The lowest BCUT2D eigenvalue weighted by molar-refractivity contribution is -0.140. The maximum Gasteiger partial charge on any atom is 0.316 e. The van der Waals surface area contributed by atoms with E-state index in [1.807, 2.05) is 42.1 Å². The van der Waals surface area contributed by atoms with Crippen molar-refractivity contribution < 1.29 is 14.3 Å². The lowest BCUT2D eigenvalue weighted by Gasteiger charge is -2.29. The maximum atomic E-state index is 12.0. The number of halogens is 2. The molecule has 0 saturated carbocycles. The molecule has 0 spiro atoms. The van der Waals surface area contributed by atoms with Crippen LogP contribution in [0.1, 0.15) is 31.2 Å². The van der Waals surface area contributed by atoms with Crippen LogP contribution in [0.15, 0.2) is 30.3 Å². The summed E-state index contributed by atoms with van der Waals surface area (Å²) < 4.78 is 4.66. The first kappa shape index (κ1) is 20.6. The van der Waals surface area contributed by atoms with Crippen molar-refractivity contribution in [3.05, 3.63) is 35.9 Å². The molecule has 1 fully saturated rings. The topological polar surface area (TPSA) is 46.6 Å². The number of ether oxygens (including phenoxy) is 1. The summed E-state index contributed by atoms with van der Waals surface area (Å²) in [7, 11) is 1.42. The number of unbranched alkanes of at least 4 members (excludes halogenated alkanes) is 1. The van der Waals surface area contributed by atoms with Gasteiger partial charge in [-0.1, -0.05) is 52.7 Å². The van der Waals surface area contributed by atoms with Gasteiger partial charge in [0.1, 0.15) is 0 Å². The van der Waals surface area contributed by atoms with E-state index in [1.54, 1.807) is 4.90 Å². The number of alkyl halides is 1. The Labute approximate surface area is 166 Å². The Kier molecular flexibility index (Phi) is 8.59. The van der Waals surface area contributed by atoms with E-state index in [0.29, 0.717) is 18.2 Å². The van der Waals surface area contributed by atoms with Gasteiger partial charge < -0.3 is 9.64 Å². The van der Waals surface area contributed by atoms with Gasteiger partial charge in [-0.2, -0.15) is 11.8 Å². The molecule has 1 aliphatic rings. The Balaban J connectivity index is 1.88. The molecule has 1 aliphatic heterocycles. The van der Waals surface area contributed by atoms with Gasteiger partial charge in [0.15, 0.2) is 0 Å². The smallest absolute Gasteiger partial charge is 0.316 e. The highest BCUT2D eigenvalue weighted by atomic mass is 79.9. The zero-order chi connectivity index (χ0) is 18.2. The molecule has 1 aromatic carbocycles. The highest BCUT2D eigenvalue weighted by Crippen LogP contribution is 2.39. The van der Waals surface area contributed by atoms with Gasteiger partial charge in [0.2, 0.25) is 0 Å². The predicted molar refractivity (Wildman–Crippen MR) is 106 cm³/mol. The summed E-state index contributed by atoms with van der Waals surface area (Å²) in [5.74, 6) is 0.706. The Morgan fingerprint density at radius 1 is 1.32 bits per heavy atom. The summed E-state index contributed by atoms with van der Waals surface area (Å²) in [5, 5.41) is 0.00202. The summed E-state index contributed by atoms with van der Waals surface area (Å²) in [5.41, 5.74) is 1.07. The molecule has 1 saturated heterocycles. The Morgan fingerprint density at radius 2 is 2.04 bits per heavy atom. The third-order valence-electron chi connectivity index (χ3n) is 4.37. The number of methoxy groups -OCH3 is 1. The lowest BCUT2D eigenvalue weighted by atomic mass is 10.1. The zero-order valence-electron chi connectivity index (χ0n) is 14.2. The molecule has 0 aliphatic carbocycles. The van der Waals surface area contributed by atoms with Crippen LogP contribution in [0.3, 0.4) is 0 Å². The van der Waals surface area contributed by atoms with E-state index < -0.39 is 5.37 Å². The van der Waals surface area contributed by atoms with Gasteiger partial charge in [-0.05, 0) is 30.0 Å². The Hall–Kier alpha value is -0.720. The second-order valence-electron chi connectivity index (χ2n) is 6.07. The molecule has 4 nitrogen and oxygen atoms in total. The zero-order valence-corrected chi connectivity index (χ0v) is 17.4. The van der Waals surface area contributed by atoms with Crippen molar-refractivity contribution >= 4 is 50.6 Å². The molecule has 1 aromatic rings. The van der Waals surface area contributed by atoms with Crippen molar-refractivity contribution in [2.45, 2.75) is 48.3 Å². The quantitative estimate of drug-likeness (QED) is 0.188. The van der Waals surface area contributed by atoms with Gasteiger partial charge in [-0.15, -0.1) is 0 Å². The van der Waals surface area contributed by atoms with Crippen molar-refractivity contribution in [2.75, 3.05) is 12.9 Å². The molecule has 0 aromatic heterocycles. The van der Waals surface area contributed by atoms with Crippen molar-refractivity contribution in [3.8, 4) is 0 Å². The van der Waals surface area contributed by atoms with Crippen LogP contribution in [0, 0.1) is 0 Å². The molecular weight excluding hydrogens is 426 g/mol. The molecule has 0 unspecified atom stereocenters. The summed E-state index contributed by atoms with van der Waals surface area (Å²) in [6.07, 6.45) is 3.26. The van der Waals surface area contributed by atoms with Crippen LogP contribution in [0.2, 0.25) is 0 Å². The van der Waals surface area contributed by atoms with Gasteiger partial charge >= 0.3 is 11.3 Å². The molecule has 0 N–H and O–H groups in total. The summed E-state index contributed by atoms with van der Waals surface area (Å²) in [6, 6.07) is 9.96. The highest BCUT2D eigenvalue weighted by molar-refractivity contribution is 9.09. The highest BCUT2D eigenvalue weighted by Gasteiger charge is 2.39. The first-order valence-corrected chi connectivity index (χ1v) is 10.7. The summed E-state index contributed by atoms with van der Waals surface area (Å²) >= 11 is 11.5. The van der Waals surface area contributed by atoms with Gasteiger partial charge in [0, 0.05) is 28.8 Å². The van der Waals surface area contributed by atoms with Crippen LogP contribution in [-0.4, -0.2) is 45.2 Å². The van der Waals surface area contributed by atoms with E-state index in [1.165, 1.54) is 7.11 Å². The van der Waals surface area contributed by atoms with Gasteiger partial charge in [0.25, 0.3) is 0 Å². The minimum absolute atomic E-state index is 0.0702. The fourth-order valence-electron chi connectivity index (χ4n) is 2.97. The average Bonchev–Trinajstić information content (AvgIpc) is 2.97.